The number of carbonyl (C=O) groups excluding carboxylic acids is 1. The monoisotopic (exact) mass is 320 g/mol. The van der Waals surface area contributed by atoms with Crippen LogP contribution in [0, 0.1) is 5.41 Å². The van der Waals surface area contributed by atoms with Crippen LogP contribution in [0.1, 0.15) is 19.4 Å². The van der Waals surface area contributed by atoms with E-state index in [1.165, 1.54) is 0 Å². The number of carbonyl (C=O) groups is 1. The van der Waals surface area contributed by atoms with Crippen molar-refractivity contribution in [1.82, 2.24) is 10.2 Å². The van der Waals surface area contributed by atoms with E-state index < -0.39 is 5.41 Å². The largest absolute Gasteiger partial charge is 0.376 e. The Morgan fingerprint density at radius 2 is 2.13 bits per heavy atom. The second kappa shape index (κ2) is 8.43. The first-order chi connectivity index (χ1) is 11.0. The highest BCUT2D eigenvalue weighted by atomic mass is 16.5. The molecule has 1 fully saturated rings. The molecule has 0 saturated carbocycles. The Labute approximate surface area is 139 Å². The minimum Gasteiger partial charge on any atom is -0.376 e. The van der Waals surface area contributed by atoms with E-state index in [0.717, 1.165) is 25.3 Å². The van der Waals surface area contributed by atoms with Crippen LogP contribution in [0.25, 0.3) is 0 Å². The number of nitrogens with one attached hydrogen (secondary N) is 1. The van der Waals surface area contributed by atoms with Gasteiger partial charge < -0.3 is 19.7 Å². The summed E-state index contributed by atoms with van der Waals surface area (Å²) in [5, 5.41) is 2.99. The molecule has 0 bridgehead atoms. The van der Waals surface area contributed by atoms with Gasteiger partial charge in [-0.1, -0.05) is 30.3 Å². The number of amides is 1. The molecular weight excluding hydrogens is 292 g/mol. The molecule has 23 heavy (non-hydrogen) atoms. The van der Waals surface area contributed by atoms with E-state index in [0.29, 0.717) is 19.8 Å². The van der Waals surface area contributed by atoms with Crippen molar-refractivity contribution in [3.8, 4) is 0 Å². The van der Waals surface area contributed by atoms with E-state index in [4.69, 9.17) is 9.47 Å². The number of morpholine rings is 1. The molecule has 2 rings (SSSR count). The lowest BCUT2D eigenvalue weighted by molar-refractivity contribution is -0.134. The van der Waals surface area contributed by atoms with Gasteiger partial charge >= 0.3 is 0 Å². The average Bonchev–Trinajstić information content (AvgIpc) is 2.53. The van der Waals surface area contributed by atoms with Gasteiger partial charge in [0.15, 0.2) is 0 Å². The average molecular weight is 320 g/mol. The summed E-state index contributed by atoms with van der Waals surface area (Å²) in [5.74, 6) is 0.00221. The predicted molar refractivity (Wildman–Crippen MR) is 90.1 cm³/mol. The van der Waals surface area contributed by atoms with Gasteiger partial charge in [0.1, 0.15) is 0 Å². The van der Waals surface area contributed by atoms with Gasteiger partial charge in [0.25, 0.3) is 0 Å². The molecule has 1 aromatic carbocycles. The quantitative estimate of drug-likeness (QED) is 0.830. The fourth-order valence-electron chi connectivity index (χ4n) is 2.50. The summed E-state index contributed by atoms with van der Waals surface area (Å²) in [7, 11) is 2.07. The molecule has 0 aromatic heterocycles. The summed E-state index contributed by atoms with van der Waals surface area (Å²) in [6.07, 6.45) is 0.0683. The van der Waals surface area contributed by atoms with E-state index in [-0.39, 0.29) is 12.0 Å². The van der Waals surface area contributed by atoms with Gasteiger partial charge in [-0.25, -0.2) is 0 Å². The maximum Gasteiger partial charge on any atom is 0.228 e. The van der Waals surface area contributed by atoms with Crippen molar-refractivity contribution < 1.29 is 14.3 Å². The van der Waals surface area contributed by atoms with Crippen molar-refractivity contribution in [2.24, 2.45) is 5.41 Å². The molecule has 1 atom stereocenters. The molecular formula is C18H28N2O3. The second-order valence-electron chi connectivity index (χ2n) is 6.83. The molecule has 0 aliphatic carbocycles. The Balaban J connectivity index is 1.71. The zero-order valence-electron chi connectivity index (χ0n) is 14.4. The fourth-order valence-corrected chi connectivity index (χ4v) is 2.50. The third-order valence-corrected chi connectivity index (χ3v) is 4.02. The van der Waals surface area contributed by atoms with Gasteiger partial charge in [0.05, 0.1) is 31.3 Å². The van der Waals surface area contributed by atoms with Crippen LogP contribution in [0.3, 0.4) is 0 Å². The maximum absolute atomic E-state index is 12.4. The summed E-state index contributed by atoms with van der Waals surface area (Å²) in [4.78, 5) is 14.6. The van der Waals surface area contributed by atoms with Gasteiger partial charge in [-0.05, 0) is 26.5 Å². The van der Waals surface area contributed by atoms with Crippen molar-refractivity contribution in [3.05, 3.63) is 35.9 Å². The van der Waals surface area contributed by atoms with Crippen molar-refractivity contribution in [2.45, 2.75) is 26.6 Å². The Hall–Kier alpha value is -1.43. The molecule has 0 unspecified atom stereocenters. The first-order valence-electron chi connectivity index (χ1n) is 8.17. The zero-order chi connectivity index (χ0) is 16.7. The van der Waals surface area contributed by atoms with Crippen molar-refractivity contribution in [1.29, 1.82) is 0 Å². The summed E-state index contributed by atoms with van der Waals surface area (Å²) in [6.45, 7) is 7.79. The summed E-state index contributed by atoms with van der Waals surface area (Å²) >= 11 is 0. The van der Waals surface area contributed by atoms with Gasteiger partial charge in [0.2, 0.25) is 5.91 Å². The standard InChI is InChI=1S/C18H28N2O3/c1-18(2,14-22-13-15-7-5-4-6-8-15)17(21)19-11-16-12-20(3)9-10-23-16/h4-8,16H,9-14H2,1-3H3,(H,19,21)/t16-/m0/s1. The van der Waals surface area contributed by atoms with E-state index in [1.54, 1.807) is 0 Å². The lowest BCUT2D eigenvalue weighted by Gasteiger charge is -2.31. The zero-order valence-corrected chi connectivity index (χ0v) is 14.4. The number of hydrogen-bond donors (Lipinski definition) is 1. The number of rotatable bonds is 7. The fraction of sp³-hybridized carbons (Fsp3) is 0.611. The lowest BCUT2D eigenvalue weighted by Crippen LogP contribution is -2.48. The minimum absolute atomic E-state index is 0.00221. The predicted octanol–water partition coefficient (Wildman–Crippen LogP) is 1.68. The Kier molecular flexibility index (Phi) is 6.57. The molecule has 0 spiro atoms. The third kappa shape index (κ3) is 5.94. The van der Waals surface area contributed by atoms with Crippen LogP contribution in [0.5, 0.6) is 0 Å². The van der Waals surface area contributed by atoms with Crippen molar-refractivity contribution in [3.63, 3.8) is 0 Å². The Morgan fingerprint density at radius 3 is 2.83 bits per heavy atom. The topological polar surface area (TPSA) is 50.8 Å². The first kappa shape index (κ1) is 17.9. The SMILES string of the molecule is CN1CCO[C@@H](CNC(=O)C(C)(C)COCc2ccccc2)C1. The summed E-state index contributed by atoms with van der Waals surface area (Å²) in [5.41, 5.74) is 0.553. The van der Waals surface area contributed by atoms with E-state index >= 15 is 0 Å². The highest BCUT2D eigenvalue weighted by Gasteiger charge is 2.29. The van der Waals surface area contributed by atoms with Crippen LogP contribution in [-0.4, -0.2) is 56.8 Å². The molecule has 1 saturated heterocycles. The number of likely N-dealkylation sites (N-methyl/N-ethyl adjacent to an activating group) is 1. The molecule has 1 N–H and O–H groups in total. The van der Waals surface area contributed by atoms with Crippen LogP contribution in [0.2, 0.25) is 0 Å². The maximum atomic E-state index is 12.4. The Morgan fingerprint density at radius 1 is 1.39 bits per heavy atom. The van der Waals surface area contributed by atoms with Gasteiger partial charge in [0, 0.05) is 19.6 Å². The minimum atomic E-state index is -0.560. The van der Waals surface area contributed by atoms with Crippen LogP contribution in [0.4, 0.5) is 0 Å². The lowest BCUT2D eigenvalue weighted by atomic mass is 9.93. The van der Waals surface area contributed by atoms with Crippen molar-refractivity contribution in [2.75, 3.05) is 39.9 Å². The number of ether oxygens (including phenoxy) is 2. The number of benzene rings is 1. The highest BCUT2D eigenvalue weighted by Crippen LogP contribution is 2.17. The molecule has 1 aliphatic rings. The number of hydrogen-bond acceptors (Lipinski definition) is 4. The molecule has 0 radical (unpaired) electrons. The molecule has 1 aromatic rings. The molecule has 5 heteroatoms. The normalized spacial score (nSPS) is 19.5. The van der Waals surface area contributed by atoms with Crippen molar-refractivity contribution >= 4 is 5.91 Å². The summed E-state index contributed by atoms with van der Waals surface area (Å²) < 4.78 is 11.4. The first-order valence-corrected chi connectivity index (χ1v) is 8.17. The molecule has 5 nitrogen and oxygen atoms in total. The van der Waals surface area contributed by atoms with Crippen LogP contribution in [0.15, 0.2) is 30.3 Å². The smallest absolute Gasteiger partial charge is 0.228 e. The van der Waals surface area contributed by atoms with E-state index in [2.05, 4.69) is 17.3 Å². The van der Waals surface area contributed by atoms with Crippen LogP contribution >= 0.6 is 0 Å². The highest BCUT2D eigenvalue weighted by molar-refractivity contribution is 5.81. The summed E-state index contributed by atoms with van der Waals surface area (Å²) in [6, 6.07) is 9.98. The molecule has 128 valence electrons. The number of nitrogens with zero attached hydrogens (tertiary/aromatic N) is 1. The van der Waals surface area contributed by atoms with Gasteiger partial charge in [-0.2, -0.15) is 0 Å². The molecule has 1 aliphatic heterocycles. The van der Waals surface area contributed by atoms with Gasteiger partial charge in [-0.15, -0.1) is 0 Å². The van der Waals surface area contributed by atoms with Gasteiger partial charge in [-0.3, -0.25) is 4.79 Å². The second-order valence-corrected chi connectivity index (χ2v) is 6.83. The van der Waals surface area contributed by atoms with Crippen LogP contribution < -0.4 is 5.32 Å². The Bertz CT molecular complexity index is 490. The molecule has 1 heterocycles. The van der Waals surface area contributed by atoms with Crippen LogP contribution in [-0.2, 0) is 20.9 Å². The molecule has 1 amide bonds. The third-order valence-electron chi connectivity index (χ3n) is 4.02. The van der Waals surface area contributed by atoms with E-state index in [9.17, 15) is 4.79 Å². The van der Waals surface area contributed by atoms with E-state index in [1.807, 2.05) is 44.2 Å².